The van der Waals surface area contributed by atoms with Gasteiger partial charge in [-0.1, -0.05) is 32.0 Å². The third-order valence-corrected chi connectivity index (χ3v) is 4.03. The highest BCUT2D eigenvalue weighted by Crippen LogP contribution is 2.27. The summed E-state index contributed by atoms with van der Waals surface area (Å²) < 4.78 is 0. The molecule has 5 heteroatoms. The first-order chi connectivity index (χ1) is 10.5. The summed E-state index contributed by atoms with van der Waals surface area (Å²) in [5, 5.41) is 12.4. The Kier molecular flexibility index (Phi) is 5.55. The van der Waals surface area contributed by atoms with E-state index in [1.807, 2.05) is 38.1 Å². The maximum atomic E-state index is 12.1. The maximum absolute atomic E-state index is 12.1. The van der Waals surface area contributed by atoms with Crippen LogP contribution in [0.15, 0.2) is 24.3 Å². The van der Waals surface area contributed by atoms with E-state index in [4.69, 9.17) is 0 Å². The molecule has 1 aliphatic rings. The highest BCUT2D eigenvalue weighted by atomic mass is 16.3. The Morgan fingerprint density at radius 1 is 1.32 bits per heavy atom. The van der Waals surface area contributed by atoms with Gasteiger partial charge in [-0.2, -0.15) is 0 Å². The van der Waals surface area contributed by atoms with Crippen LogP contribution in [0.4, 0.5) is 5.69 Å². The maximum Gasteiger partial charge on any atom is 0.227 e. The molecule has 5 nitrogen and oxygen atoms in total. The molecule has 2 N–H and O–H groups in total. The minimum Gasteiger partial charge on any atom is -0.391 e. The number of nitrogens with one attached hydrogen (secondary N) is 1. The molecule has 1 unspecified atom stereocenters. The van der Waals surface area contributed by atoms with Gasteiger partial charge in [0.25, 0.3) is 0 Å². The molecule has 0 saturated heterocycles. The van der Waals surface area contributed by atoms with Gasteiger partial charge in [-0.05, 0) is 24.0 Å². The third kappa shape index (κ3) is 4.07. The molecule has 0 spiro atoms. The van der Waals surface area contributed by atoms with E-state index < -0.39 is 6.10 Å². The number of hydrogen-bond donors (Lipinski definition) is 2. The van der Waals surface area contributed by atoms with Gasteiger partial charge in [0.2, 0.25) is 11.8 Å². The first kappa shape index (κ1) is 16.5. The number of aliphatic hydroxyl groups is 1. The molecule has 0 aliphatic carbocycles. The number of amides is 2. The standard InChI is InChI=1S/C17H24N2O3/c1-12(2)15(20)11-18-16(21)9-10-19-14-6-4-3-5-13(14)7-8-17(19)22/h3-6,12,15,20H,7-11H2,1-2H3,(H,18,21). The van der Waals surface area contributed by atoms with Crippen molar-refractivity contribution < 1.29 is 14.7 Å². The largest absolute Gasteiger partial charge is 0.391 e. The van der Waals surface area contributed by atoms with Gasteiger partial charge in [0.15, 0.2) is 0 Å². The Morgan fingerprint density at radius 2 is 2.05 bits per heavy atom. The van der Waals surface area contributed by atoms with Crippen molar-refractivity contribution in [3.63, 3.8) is 0 Å². The van der Waals surface area contributed by atoms with Gasteiger partial charge in [0.05, 0.1) is 6.10 Å². The zero-order chi connectivity index (χ0) is 16.1. The van der Waals surface area contributed by atoms with Crippen molar-refractivity contribution in [2.75, 3.05) is 18.0 Å². The summed E-state index contributed by atoms with van der Waals surface area (Å²) in [5.41, 5.74) is 2.06. The molecule has 120 valence electrons. The van der Waals surface area contributed by atoms with Crippen LogP contribution in [0, 0.1) is 5.92 Å². The fourth-order valence-electron chi connectivity index (χ4n) is 2.50. The van der Waals surface area contributed by atoms with Crippen LogP contribution in [0.3, 0.4) is 0 Å². The Labute approximate surface area is 131 Å². The van der Waals surface area contributed by atoms with E-state index in [0.717, 1.165) is 17.7 Å². The molecule has 1 aromatic carbocycles. The Bertz CT molecular complexity index is 542. The molecule has 0 saturated carbocycles. The van der Waals surface area contributed by atoms with Crippen LogP contribution in [-0.4, -0.2) is 36.1 Å². The van der Waals surface area contributed by atoms with Crippen molar-refractivity contribution in [3.05, 3.63) is 29.8 Å². The average molecular weight is 304 g/mol. The minimum atomic E-state index is -0.540. The predicted octanol–water partition coefficient (Wildman–Crippen LogP) is 1.49. The topological polar surface area (TPSA) is 69.6 Å². The van der Waals surface area contributed by atoms with Crippen LogP contribution in [0.5, 0.6) is 0 Å². The molecular weight excluding hydrogens is 280 g/mol. The van der Waals surface area contributed by atoms with E-state index in [0.29, 0.717) is 13.0 Å². The van der Waals surface area contributed by atoms with Crippen molar-refractivity contribution in [1.29, 1.82) is 0 Å². The highest BCUT2D eigenvalue weighted by Gasteiger charge is 2.24. The average Bonchev–Trinajstić information content (AvgIpc) is 2.51. The molecule has 1 atom stereocenters. The van der Waals surface area contributed by atoms with Gasteiger partial charge in [-0.25, -0.2) is 0 Å². The summed E-state index contributed by atoms with van der Waals surface area (Å²) >= 11 is 0. The molecular formula is C17H24N2O3. The minimum absolute atomic E-state index is 0.0636. The van der Waals surface area contributed by atoms with E-state index in [9.17, 15) is 14.7 Å². The van der Waals surface area contributed by atoms with E-state index in [1.54, 1.807) is 4.90 Å². The van der Waals surface area contributed by atoms with E-state index in [1.165, 1.54) is 0 Å². The zero-order valence-electron chi connectivity index (χ0n) is 13.2. The summed E-state index contributed by atoms with van der Waals surface area (Å²) in [6, 6.07) is 7.82. The quantitative estimate of drug-likeness (QED) is 0.836. The molecule has 0 radical (unpaired) electrons. The number of carbonyl (C=O) groups is 2. The van der Waals surface area contributed by atoms with Crippen molar-refractivity contribution in [2.24, 2.45) is 5.92 Å². The second-order valence-electron chi connectivity index (χ2n) is 6.04. The fraction of sp³-hybridized carbons (Fsp3) is 0.529. The number of nitrogens with zero attached hydrogens (tertiary/aromatic N) is 1. The lowest BCUT2D eigenvalue weighted by molar-refractivity contribution is -0.121. The van der Waals surface area contributed by atoms with Crippen LogP contribution in [-0.2, 0) is 16.0 Å². The number of anilines is 1. The summed E-state index contributed by atoms with van der Waals surface area (Å²) in [7, 11) is 0. The second-order valence-corrected chi connectivity index (χ2v) is 6.04. The molecule has 0 bridgehead atoms. The zero-order valence-corrected chi connectivity index (χ0v) is 13.2. The Morgan fingerprint density at radius 3 is 2.77 bits per heavy atom. The normalized spacial score (nSPS) is 15.6. The lowest BCUT2D eigenvalue weighted by Gasteiger charge is -2.29. The SMILES string of the molecule is CC(C)C(O)CNC(=O)CCN1C(=O)CCc2ccccc21. The van der Waals surface area contributed by atoms with Gasteiger partial charge in [-0.15, -0.1) is 0 Å². The third-order valence-electron chi connectivity index (χ3n) is 4.03. The van der Waals surface area contributed by atoms with E-state index >= 15 is 0 Å². The summed E-state index contributed by atoms with van der Waals surface area (Å²) in [6.07, 6.45) is 0.953. The number of para-hydroxylation sites is 1. The molecule has 0 fully saturated rings. The smallest absolute Gasteiger partial charge is 0.227 e. The highest BCUT2D eigenvalue weighted by molar-refractivity contribution is 5.96. The lowest BCUT2D eigenvalue weighted by atomic mass is 10.0. The summed E-state index contributed by atoms with van der Waals surface area (Å²) in [6.45, 7) is 4.43. The number of hydrogen-bond acceptors (Lipinski definition) is 3. The van der Waals surface area contributed by atoms with Crippen LogP contribution < -0.4 is 10.2 Å². The molecule has 0 aromatic heterocycles. The molecule has 2 amide bonds. The number of fused-ring (bicyclic) bond motifs is 1. The van der Waals surface area contributed by atoms with Crippen LogP contribution in [0.2, 0.25) is 0 Å². The second kappa shape index (κ2) is 7.40. The van der Waals surface area contributed by atoms with Crippen LogP contribution in [0.25, 0.3) is 0 Å². The Balaban J connectivity index is 1.88. The monoisotopic (exact) mass is 304 g/mol. The molecule has 22 heavy (non-hydrogen) atoms. The van der Waals surface area contributed by atoms with Crippen LogP contribution >= 0.6 is 0 Å². The number of rotatable bonds is 6. The van der Waals surface area contributed by atoms with Gasteiger partial charge in [0.1, 0.15) is 0 Å². The van der Waals surface area contributed by atoms with Crippen molar-refractivity contribution >= 4 is 17.5 Å². The molecule has 1 aliphatic heterocycles. The number of aryl methyl sites for hydroxylation is 1. The van der Waals surface area contributed by atoms with Crippen molar-refractivity contribution in [1.82, 2.24) is 5.32 Å². The van der Waals surface area contributed by atoms with Gasteiger partial charge in [0, 0.05) is 31.6 Å². The fourth-order valence-corrected chi connectivity index (χ4v) is 2.50. The summed E-state index contributed by atoms with van der Waals surface area (Å²) in [4.78, 5) is 25.6. The first-order valence-corrected chi connectivity index (χ1v) is 7.82. The lowest BCUT2D eigenvalue weighted by Crippen LogP contribution is -2.40. The first-order valence-electron chi connectivity index (χ1n) is 7.82. The van der Waals surface area contributed by atoms with Crippen LogP contribution in [0.1, 0.15) is 32.3 Å². The number of aliphatic hydroxyl groups excluding tert-OH is 1. The van der Waals surface area contributed by atoms with E-state index in [2.05, 4.69) is 5.32 Å². The molecule has 2 rings (SSSR count). The summed E-state index contributed by atoms with van der Waals surface area (Å²) in [5.74, 6) is 0.0279. The Hall–Kier alpha value is -1.88. The van der Waals surface area contributed by atoms with Gasteiger partial charge < -0.3 is 15.3 Å². The number of benzene rings is 1. The predicted molar refractivity (Wildman–Crippen MR) is 85.6 cm³/mol. The molecule has 1 heterocycles. The number of carbonyl (C=O) groups excluding carboxylic acids is 2. The van der Waals surface area contributed by atoms with Crippen molar-refractivity contribution in [3.8, 4) is 0 Å². The van der Waals surface area contributed by atoms with E-state index in [-0.39, 0.29) is 30.7 Å². The molecule has 1 aromatic rings. The van der Waals surface area contributed by atoms with Crippen molar-refractivity contribution in [2.45, 2.75) is 39.2 Å². The van der Waals surface area contributed by atoms with Gasteiger partial charge in [-0.3, -0.25) is 9.59 Å². The van der Waals surface area contributed by atoms with Gasteiger partial charge >= 0.3 is 0 Å².